The summed E-state index contributed by atoms with van der Waals surface area (Å²) in [6.07, 6.45) is 1.72. The highest BCUT2D eigenvalue weighted by molar-refractivity contribution is 5.79. The molecule has 0 bridgehead atoms. The molecular formula is C23H32FN5O2. The first-order valence-corrected chi connectivity index (χ1v) is 10.9. The van der Waals surface area contributed by atoms with E-state index in [1.54, 1.807) is 6.20 Å². The maximum absolute atomic E-state index is 13.5. The van der Waals surface area contributed by atoms with E-state index in [1.165, 1.54) is 12.1 Å². The molecule has 1 atom stereocenters. The molecule has 1 aliphatic heterocycles. The van der Waals surface area contributed by atoms with Crippen LogP contribution >= 0.6 is 0 Å². The van der Waals surface area contributed by atoms with Crippen LogP contribution in [-0.2, 0) is 11.3 Å². The van der Waals surface area contributed by atoms with Gasteiger partial charge in [0.05, 0.1) is 32.4 Å². The standard InChI is InChI=1S/C23H32FN5O2/c1-3-25-23(27-16-19-6-5-11-26-22(19)31-4-2)28-17-21(29-12-14-30-15-13-29)18-7-9-20(24)10-8-18/h5-11,21H,3-4,12-17H2,1-2H3,(H2,25,27,28). The molecule has 0 radical (unpaired) electrons. The number of morpholine rings is 1. The summed E-state index contributed by atoms with van der Waals surface area (Å²) in [6, 6.07) is 10.7. The highest BCUT2D eigenvalue weighted by Crippen LogP contribution is 2.22. The first-order valence-electron chi connectivity index (χ1n) is 10.9. The van der Waals surface area contributed by atoms with Crippen LogP contribution in [0.1, 0.15) is 31.0 Å². The molecule has 3 rings (SSSR count). The summed E-state index contributed by atoms with van der Waals surface area (Å²) in [5.74, 6) is 1.10. The number of hydrogen-bond acceptors (Lipinski definition) is 5. The van der Waals surface area contributed by atoms with E-state index in [2.05, 4.69) is 20.5 Å². The molecule has 1 aromatic carbocycles. The number of halogens is 1. The van der Waals surface area contributed by atoms with E-state index < -0.39 is 0 Å². The van der Waals surface area contributed by atoms with Crippen molar-refractivity contribution in [3.05, 3.63) is 59.5 Å². The molecule has 0 amide bonds. The minimum atomic E-state index is -0.228. The van der Waals surface area contributed by atoms with Gasteiger partial charge in [0.25, 0.3) is 0 Å². The minimum Gasteiger partial charge on any atom is -0.478 e. The number of rotatable bonds is 9. The summed E-state index contributed by atoms with van der Waals surface area (Å²) in [5, 5.41) is 6.75. The molecule has 0 saturated carbocycles. The van der Waals surface area contributed by atoms with Crippen molar-refractivity contribution in [2.24, 2.45) is 4.99 Å². The maximum atomic E-state index is 13.5. The number of guanidine groups is 1. The Kier molecular flexibility index (Phi) is 9.05. The Bertz CT molecular complexity index is 825. The first-order chi connectivity index (χ1) is 15.2. The van der Waals surface area contributed by atoms with Crippen LogP contribution in [0.15, 0.2) is 47.6 Å². The fourth-order valence-electron chi connectivity index (χ4n) is 3.54. The molecule has 1 saturated heterocycles. The predicted octanol–water partition coefficient (Wildman–Crippen LogP) is 2.75. The fourth-order valence-corrected chi connectivity index (χ4v) is 3.54. The van der Waals surface area contributed by atoms with Gasteiger partial charge in [0, 0.05) is 37.9 Å². The van der Waals surface area contributed by atoms with Crippen LogP contribution in [0.3, 0.4) is 0 Å². The van der Waals surface area contributed by atoms with Crippen LogP contribution in [-0.4, -0.2) is 61.8 Å². The van der Waals surface area contributed by atoms with Gasteiger partial charge in [0.15, 0.2) is 5.96 Å². The van der Waals surface area contributed by atoms with Crippen LogP contribution < -0.4 is 15.4 Å². The van der Waals surface area contributed by atoms with E-state index in [1.807, 2.05) is 38.1 Å². The van der Waals surface area contributed by atoms with E-state index in [-0.39, 0.29) is 11.9 Å². The zero-order valence-corrected chi connectivity index (χ0v) is 18.3. The Labute approximate surface area is 183 Å². The average molecular weight is 430 g/mol. The van der Waals surface area contributed by atoms with Crippen molar-refractivity contribution in [2.45, 2.75) is 26.4 Å². The topological polar surface area (TPSA) is 71.0 Å². The summed E-state index contributed by atoms with van der Waals surface area (Å²) in [6.45, 7) is 9.46. The van der Waals surface area contributed by atoms with Gasteiger partial charge in [0.1, 0.15) is 5.82 Å². The van der Waals surface area contributed by atoms with Crippen molar-refractivity contribution >= 4 is 5.96 Å². The molecule has 1 aliphatic rings. The smallest absolute Gasteiger partial charge is 0.218 e. The second-order valence-electron chi connectivity index (χ2n) is 7.19. The summed E-state index contributed by atoms with van der Waals surface area (Å²) >= 11 is 0. The Balaban J connectivity index is 1.72. The third-order valence-corrected chi connectivity index (χ3v) is 5.09. The van der Waals surface area contributed by atoms with E-state index in [0.29, 0.717) is 44.7 Å². The van der Waals surface area contributed by atoms with Gasteiger partial charge < -0.3 is 20.1 Å². The number of aliphatic imine (C=N–C) groups is 1. The highest BCUT2D eigenvalue weighted by atomic mass is 19.1. The van der Waals surface area contributed by atoms with Crippen molar-refractivity contribution in [3.8, 4) is 5.88 Å². The second-order valence-corrected chi connectivity index (χ2v) is 7.19. The number of ether oxygens (including phenoxy) is 2. The van der Waals surface area contributed by atoms with Crippen molar-refractivity contribution in [1.29, 1.82) is 0 Å². The van der Waals surface area contributed by atoms with Gasteiger partial charge in [-0.25, -0.2) is 14.4 Å². The number of hydrogen-bond donors (Lipinski definition) is 2. The van der Waals surface area contributed by atoms with Gasteiger partial charge in [-0.05, 0) is 37.6 Å². The van der Waals surface area contributed by atoms with Gasteiger partial charge >= 0.3 is 0 Å². The number of aromatic nitrogens is 1. The average Bonchev–Trinajstić information content (AvgIpc) is 2.80. The van der Waals surface area contributed by atoms with Crippen molar-refractivity contribution in [3.63, 3.8) is 0 Å². The zero-order chi connectivity index (χ0) is 21.9. The van der Waals surface area contributed by atoms with Gasteiger partial charge in [-0.3, -0.25) is 4.90 Å². The third kappa shape index (κ3) is 6.90. The minimum absolute atomic E-state index is 0.0886. The van der Waals surface area contributed by atoms with Gasteiger partial charge in [-0.15, -0.1) is 0 Å². The maximum Gasteiger partial charge on any atom is 0.218 e. The van der Waals surface area contributed by atoms with E-state index in [4.69, 9.17) is 14.5 Å². The number of pyridine rings is 1. The fraction of sp³-hybridized carbons (Fsp3) is 0.478. The monoisotopic (exact) mass is 429 g/mol. The van der Waals surface area contributed by atoms with Crippen LogP contribution in [0.2, 0.25) is 0 Å². The van der Waals surface area contributed by atoms with Crippen LogP contribution in [0, 0.1) is 5.82 Å². The molecule has 8 heteroatoms. The van der Waals surface area contributed by atoms with Crippen molar-refractivity contribution in [2.75, 3.05) is 46.0 Å². The molecule has 168 valence electrons. The molecule has 1 fully saturated rings. The molecule has 1 unspecified atom stereocenters. The third-order valence-electron chi connectivity index (χ3n) is 5.09. The van der Waals surface area contributed by atoms with Crippen molar-refractivity contribution < 1.29 is 13.9 Å². The summed E-state index contributed by atoms with van der Waals surface area (Å²) < 4.78 is 24.6. The molecule has 2 N–H and O–H groups in total. The lowest BCUT2D eigenvalue weighted by Gasteiger charge is -2.35. The first kappa shape index (κ1) is 23.0. The van der Waals surface area contributed by atoms with Crippen LogP contribution in [0.25, 0.3) is 0 Å². The highest BCUT2D eigenvalue weighted by Gasteiger charge is 2.23. The largest absolute Gasteiger partial charge is 0.478 e. The Morgan fingerprint density at radius 2 is 1.97 bits per heavy atom. The van der Waals surface area contributed by atoms with Crippen LogP contribution in [0.5, 0.6) is 5.88 Å². The van der Waals surface area contributed by atoms with Gasteiger partial charge in [-0.2, -0.15) is 0 Å². The van der Waals surface area contributed by atoms with E-state index in [0.717, 1.165) is 30.8 Å². The number of nitrogens with one attached hydrogen (secondary N) is 2. The summed E-state index contributed by atoms with van der Waals surface area (Å²) in [7, 11) is 0. The molecular weight excluding hydrogens is 397 g/mol. The zero-order valence-electron chi connectivity index (χ0n) is 18.3. The molecule has 1 aromatic heterocycles. The lowest BCUT2D eigenvalue weighted by atomic mass is 10.0. The van der Waals surface area contributed by atoms with E-state index >= 15 is 0 Å². The predicted molar refractivity (Wildman–Crippen MR) is 120 cm³/mol. The quantitative estimate of drug-likeness (QED) is 0.472. The molecule has 0 aliphatic carbocycles. The van der Waals surface area contributed by atoms with Gasteiger partial charge in [-0.1, -0.05) is 18.2 Å². The summed E-state index contributed by atoms with van der Waals surface area (Å²) in [4.78, 5) is 11.4. The molecule has 31 heavy (non-hydrogen) atoms. The van der Waals surface area contributed by atoms with Gasteiger partial charge in [0.2, 0.25) is 5.88 Å². The Morgan fingerprint density at radius 3 is 2.68 bits per heavy atom. The lowest BCUT2D eigenvalue weighted by molar-refractivity contribution is 0.0170. The number of nitrogens with zero attached hydrogens (tertiary/aromatic N) is 3. The second kappa shape index (κ2) is 12.2. The summed E-state index contributed by atoms with van der Waals surface area (Å²) in [5.41, 5.74) is 2.00. The lowest BCUT2D eigenvalue weighted by Crippen LogP contribution is -2.46. The SMILES string of the molecule is CCNC(=NCc1cccnc1OCC)NCC(c1ccc(F)cc1)N1CCOCC1. The normalized spacial score (nSPS) is 16.0. The van der Waals surface area contributed by atoms with Crippen molar-refractivity contribution in [1.82, 2.24) is 20.5 Å². The molecule has 0 spiro atoms. The Hall–Kier alpha value is -2.71. The van der Waals surface area contributed by atoms with E-state index in [9.17, 15) is 4.39 Å². The van der Waals surface area contributed by atoms with Crippen LogP contribution in [0.4, 0.5) is 4.39 Å². The number of benzene rings is 1. The molecule has 7 nitrogen and oxygen atoms in total. The molecule has 2 heterocycles. The molecule has 2 aromatic rings. The Morgan fingerprint density at radius 1 is 1.19 bits per heavy atom.